The largest absolute Gasteiger partial charge is 0.481 e. The minimum Gasteiger partial charge on any atom is -0.481 e. The molecule has 17 nitrogen and oxygen atoms in total. The normalized spacial score (nSPS) is 54.7. The summed E-state index contributed by atoms with van der Waals surface area (Å²) in [5.41, 5.74) is -1.63. The standard InChI is InChI=1S/C46H78O17/c1-22-17-23(2)44(9,51)60-36(22)30-18-31(57-34-19-29(53-10)39(54-11)27(6)56-34)41(58-30)43(8)14-13-32(59-43)42(7)15-16-45(63-42)20-28(47)24(3)37(61-45)25(4)38-40(55-12)35(50)26(5)46(52,62-38)21-33(48)49/h22-32,34-41,47,50-52H,13-21H2,1-12H3,(H,48,49)/t22-,23+,24+,25+,26-,27-,28-,29-,30+,31-,32+,34?,35-,36-,37?,38-,39-,40+,41+,42-,43-,44-,45+,46+/m0/s1. The molecule has 63 heavy (non-hydrogen) atoms. The summed E-state index contributed by atoms with van der Waals surface area (Å²) in [7, 11) is 4.75. The zero-order chi connectivity index (χ0) is 46.2. The van der Waals surface area contributed by atoms with Gasteiger partial charge in [-0.1, -0.05) is 34.6 Å². The minimum absolute atomic E-state index is 0.0453. The molecule has 7 aliphatic rings. The highest BCUT2D eigenvalue weighted by atomic mass is 16.7. The summed E-state index contributed by atoms with van der Waals surface area (Å²) >= 11 is 0. The first kappa shape index (κ1) is 49.8. The predicted octanol–water partition coefficient (Wildman–Crippen LogP) is 3.66. The average molecular weight is 903 g/mol. The lowest BCUT2D eigenvalue weighted by Gasteiger charge is -2.53. The van der Waals surface area contributed by atoms with Crippen molar-refractivity contribution in [3.8, 4) is 0 Å². The van der Waals surface area contributed by atoms with Crippen LogP contribution >= 0.6 is 0 Å². The van der Waals surface area contributed by atoms with Gasteiger partial charge in [-0.25, -0.2) is 0 Å². The molecule has 7 fully saturated rings. The van der Waals surface area contributed by atoms with Gasteiger partial charge in [-0.05, 0) is 59.3 Å². The van der Waals surface area contributed by atoms with Crippen LogP contribution in [0, 0.1) is 29.6 Å². The van der Waals surface area contributed by atoms with E-state index in [1.165, 1.54) is 14.0 Å². The number of carbonyl (C=O) groups is 1. The third kappa shape index (κ3) is 9.39. The van der Waals surface area contributed by atoms with Gasteiger partial charge in [0.15, 0.2) is 23.7 Å². The third-order valence-electron chi connectivity index (χ3n) is 16.5. The average Bonchev–Trinajstić information content (AvgIpc) is 3.92. The number of methoxy groups -OCH3 is 3. The lowest BCUT2D eigenvalue weighted by Crippen LogP contribution is -2.65. The molecule has 0 aromatic rings. The lowest BCUT2D eigenvalue weighted by atomic mass is 9.75. The molecule has 0 bridgehead atoms. The zero-order valence-electron chi connectivity index (χ0n) is 39.5. The van der Waals surface area contributed by atoms with Crippen molar-refractivity contribution >= 4 is 5.97 Å². The Labute approximate surface area is 373 Å². The van der Waals surface area contributed by atoms with Crippen molar-refractivity contribution in [2.75, 3.05) is 21.3 Å². The predicted molar refractivity (Wildman–Crippen MR) is 223 cm³/mol. The van der Waals surface area contributed by atoms with Crippen molar-refractivity contribution in [3.63, 3.8) is 0 Å². The SMILES string of the molecule is CO[C@@H]1[C@@H](O)[C@H](C)[C@@](O)(CC(=O)O)O[C@H]1[C@H](C)C1O[C@@]2(CC[C@@](C)([C@H]3CC[C@@](C)([C@@H]4O[C@@H]([C@H]5O[C@](C)(O)[C@H](C)C[C@@H]5C)C[C@@H]4OC4C[C@H](OC)[C@@H](OC)[C@H](C)O4)O3)O2)C[C@H](O)[C@H]1C. The molecule has 0 radical (unpaired) electrons. The number of aliphatic hydroxyl groups excluding tert-OH is 2. The first-order valence-electron chi connectivity index (χ1n) is 23.4. The summed E-state index contributed by atoms with van der Waals surface area (Å²) in [6.45, 7) is 17.2. The fourth-order valence-electron chi connectivity index (χ4n) is 12.3. The molecule has 17 heteroatoms. The van der Waals surface area contributed by atoms with E-state index in [2.05, 4.69) is 13.8 Å². The third-order valence-corrected chi connectivity index (χ3v) is 16.5. The second-order valence-electron chi connectivity index (χ2n) is 21.1. The van der Waals surface area contributed by atoms with Crippen LogP contribution in [0.25, 0.3) is 0 Å². The molecule has 7 rings (SSSR count). The van der Waals surface area contributed by atoms with E-state index in [-0.39, 0.29) is 54.9 Å². The molecule has 7 saturated heterocycles. The van der Waals surface area contributed by atoms with E-state index < -0.39 is 108 Å². The molecule has 1 spiro atoms. The number of hydrogen-bond acceptors (Lipinski definition) is 16. The summed E-state index contributed by atoms with van der Waals surface area (Å²) in [5, 5.41) is 55.2. The quantitative estimate of drug-likeness (QED) is 0.189. The Morgan fingerprint density at radius 1 is 0.794 bits per heavy atom. The number of aliphatic hydroxyl groups is 4. The van der Waals surface area contributed by atoms with Crippen molar-refractivity contribution in [2.24, 2.45) is 29.6 Å². The number of hydrogen-bond donors (Lipinski definition) is 5. The van der Waals surface area contributed by atoms with Crippen LogP contribution in [-0.4, -0.2) is 167 Å². The van der Waals surface area contributed by atoms with Gasteiger partial charge in [-0.3, -0.25) is 4.79 Å². The van der Waals surface area contributed by atoms with Crippen molar-refractivity contribution in [1.29, 1.82) is 0 Å². The molecule has 0 aliphatic carbocycles. The number of carboxylic acids is 1. The van der Waals surface area contributed by atoms with Gasteiger partial charge in [-0.2, -0.15) is 0 Å². The first-order chi connectivity index (χ1) is 29.4. The fourth-order valence-corrected chi connectivity index (χ4v) is 12.3. The van der Waals surface area contributed by atoms with E-state index in [0.29, 0.717) is 38.5 Å². The minimum atomic E-state index is -2.16. The van der Waals surface area contributed by atoms with Gasteiger partial charge in [-0.15, -0.1) is 0 Å². The smallest absolute Gasteiger partial charge is 0.308 e. The van der Waals surface area contributed by atoms with Crippen LogP contribution in [0.5, 0.6) is 0 Å². The van der Waals surface area contributed by atoms with Crippen molar-refractivity contribution < 1.29 is 82.4 Å². The Balaban J connectivity index is 1.09. The highest BCUT2D eigenvalue weighted by Gasteiger charge is 2.63. The van der Waals surface area contributed by atoms with E-state index >= 15 is 0 Å². The second kappa shape index (κ2) is 18.4. The maximum absolute atomic E-state index is 11.8. The van der Waals surface area contributed by atoms with Crippen molar-refractivity contribution in [1.82, 2.24) is 0 Å². The molecule has 7 heterocycles. The Bertz CT molecular complexity index is 1590. The second-order valence-corrected chi connectivity index (χ2v) is 21.1. The van der Waals surface area contributed by atoms with Gasteiger partial charge in [0.2, 0.25) is 0 Å². The van der Waals surface area contributed by atoms with Crippen molar-refractivity contribution in [3.05, 3.63) is 0 Å². The molecule has 0 aromatic heterocycles. The highest BCUT2D eigenvalue weighted by molar-refractivity contribution is 5.68. The molecule has 0 amide bonds. The van der Waals surface area contributed by atoms with E-state index in [1.807, 2.05) is 34.6 Å². The molecular formula is C46H78O17. The number of ether oxygens (including phenoxy) is 11. The van der Waals surface area contributed by atoms with Crippen LogP contribution in [0.1, 0.15) is 120 Å². The summed E-state index contributed by atoms with van der Waals surface area (Å²) in [4.78, 5) is 11.8. The van der Waals surface area contributed by atoms with Gasteiger partial charge in [0, 0.05) is 70.7 Å². The Hall–Kier alpha value is -1.13. The van der Waals surface area contributed by atoms with Crippen LogP contribution in [0.2, 0.25) is 0 Å². The summed E-state index contributed by atoms with van der Waals surface area (Å²) < 4.78 is 71.2. The Morgan fingerprint density at radius 2 is 1.49 bits per heavy atom. The molecular weight excluding hydrogens is 824 g/mol. The molecule has 24 atom stereocenters. The highest BCUT2D eigenvalue weighted by Crippen LogP contribution is 2.54. The molecule has 7 aliphatic heterocycles. The molecule has 0 saturated carbocycles. The van der Waals surface area contributed by atoms with Crippen LogP contribution in [0.3, 0.4) is 0 Å². The van der Waals surface area contributed by atoms with Gasteiger partial charge in [0.1, 0.15) is 18.3 Å². The van der Waals surface area contributed by atoms with E-state index in [1.54, 1.807) is 21.1 Å². The van der Waals surface area contributed by atoms with Crippen molar-refractivity contribution in [2.45, 2.75) is 234 Å². The van der Waals surface area contributed by atoms with Crippen LogP contribution in [-0.2, 0) is 56.9 Å². The molecule has 5 N–H and O–H groups in total. The van der Waals surface area contributed by atoms with Gasteiger partial charge in [0.25, 0.3) is 0 Å². The topological polar surface area (TPSA) is 220 Å². The lowest BCUT2D eigenvalue weighted by molar-refractivity contribution is -0.363. The fraction of sp³-hybridized carbons (Fsp3) is 0.978. The maximum Gasteiger partial charge on any atom is 0.308 e. The monoisotopic (exact) mass is 903 g/mol. The summed E-state index contributed by atoms with van der Waals surface area (Å²) in [5.74, 6) is -7.77. The van der Waals surface area contributed by atoms with Crippen LogP contribution < -0.4 is 0 Å². The molecule has 2 unspecified atom stereocenters. The summed E-state index contributed by atoms with van der Waals surface area (Å²) in [6.07, 6.45) is -4.46. The number of aliphatic carboxylic acids is 1. The van der Waals surface area contributed by atoms with Gasteiger partial charge < -0.3 is 77.6 Å². The number of carboxylic acid groups (broad SMARTS) is 1. The first-order valence-corrected chi connectivity index (χ1v) is 23.4. The van der Waals surface area contributed by atoms with Crippen LogP contribution in [0.15, 0.2) is 0 Å². The van der Waals surface area contributed by atoms with Crippen LogP contribution in [0.4, 0.5) is 0 Å². The van der Waals surface area contributed by atoms with E-state index in [0.717, 1.165) is 6.42 Å². The van der Waals surface area contributed by atoms with E-state index in [4.69, 9.17) is 52.1 Å². The van der Waals surface area contributed by atoms with E-state index in [9.17, 15) is 30.3 Å². The van der Waals surface area contributed by atoms with Gasteiger partial charge in [0.05, 0.1) is 78.7 Å². The number of rotatable bonds is 12. The Kier molecular flexibility index (Phi) is 14.5. The zero-order valence-corrected chi connectivity index (χ0v) is 39.5. The van der Waals surface area contributed by atoms with Gasteiger partial charge >= 0.3 is 5.97 Å². The molecule has 0 aromatic carbocycles. The summed E-state index contributed by atoms with van der Waals surface area (Å²) in [6, 6.07) is 0. The maximum atomic E-state index is 11.8. The Morgan fingerprint density at radius 3 is 2.14 bits per heavy atom. The molecule has 364 valence electrons.